The van der Waals surface area contributed by atoms with Crippen LogP contribution in [0.2, 0.25) is 0 Å². The third-order valence-corrected chi connectivity index (χ3v) is 2.03. The van der Waals surface area contributed by atoms with E-state index in [-0.39, 0.29) is 5.75 Å². The molecule has 0 aliphatic rings. The van der Waals surface area contributed by atoms with Gasteiger partial charge in [-0.25, -0.2) is 9.97 Å². The number of rotatable bonds is 3. The molecule has 0 saturated carbocycles. The fraction of sp³-hybridized carbons (Fsp3) is 0.286. The first-order valence-corrected chi connectivity index (χ1v) is 4.30. The average molecular weight is 184 g/mol. The molecule has 0 aliphatic carbocycles. The number of aryl methyl sites for hydroxylation is 1. The predicted octanol–water partition coefficient (Wildman–Crippen LogP) is 0.962. The van der Waals surface area contributed by atoms with Gasteiger partial charge in [0.15, 0.2) is 0 Å². The highest BCUT2D eigenvalue weighted by Gasteiger charge is 2.00. The second-order valence-corrected chi connectivity index (χ2v) is 3.18. The van der Waals surface area contributed by atoms with Crippen molar-refractivity contribution in [2.75, 3.05) is 5.75 Å². The van der Waals surface area contributed by atoms with Crippen molar-refractivity contribution in [1.29, 1.82) is 0 Å². The molecular weight excluding hydrogens is 176 g/mol. The summed E-state index contributed by atoms with van der Waals surface area (Å²) in [4.78, 5) is 18.0. The summed E-state index contributed by atoms with van der Waals surface area (Å²) < 4.78 is 0. The number of carbonyl (C=O) groups is 1. The highest BCUT2D eigenvalue weighted by molar-refractivity contribution is 7.99. The van der Waals surface area contributed by atoms with E-state index in [1.165, 1.54) is 18.1 Å². The SMILES string of the molecule is Cc1cc(SCC(=O)O)ncn1. The van der Waals surface area contributed by atoms with Gasteiger partial charge in [0.1, 0.15) is 11.4 Å². The van der Waals surface area contributed by atoms with Crippen LogP contribution >= 0.6 is 11.8 Å². The first-order chi connectivity index (χ1) is 5.68. The molecule has 1 aromatic heterocycles. The topological polar surface area (TPSA) is 63.1 Å². The van der Waals surface area contributed by atoms with Crippen molar-refractivity contribution >= 4 is 17.7 Å². The predicted molar refractivity (Wildman–Crippen MR) is 45.1 cm³/mol. The van der Waals surface area contributed by atoms with Gasteiger partial charge in [-0.2, -0.15) is 0 Å². The molecule has 12 heavy (non-hydrogen) atoms. The van der Waals surface area contributed by atoms with Gasteiger partial charge in [-0.15, -0.1) is 0 Å². The lowest BCUT2D eigenvalue weighted by molar-refractivity contribution is -0.133. The lowest BCUT2D eigenvalue weighted by atomic mass is 10.5. The van der Waals surface area contributed by atoms with Crippen molar-refractivity contribution in [3.63, 3.8) is 0 Å². The standard InChI is InChI=1S/C7H8N2O2S/c1-5-2-6(9-4-8-5)12-3-7(10)11/h2,4H,3H2,1H3,(H,10,11). The molecule has 0 aromatic carbocycles. The maximum Gasteiger partial charge on any atom is 0.313 e. The lowest BCUT2D eigenvalue weighted by Crippen LogP contribution is -1.98. The smallest absolute Gasteiger partial charge is 0.313 e. The summed E-state index contributed by atoms with van der Waals surface area (Å²) in [6.07, 6.45) is 1.43. The Morgan fingerprint density at radius 3 is 3.00 bits per heavy atom. The van der Waals surface area contributed by atoms with E-state index in [4.69, 9.17) is 5.11 Å². The minimum atomic E-state index is -0.837. The van der Waals surface area contributed by atoms with Crippen LogP contribution in [0.25, 0.3) is 0 Å². The number of hydrogen-bond acceptors (Lipinski definition) is 4. The van der Waals surface area contributed by atoms with Crippen molar-refractivity contribution in [3.05, 3.63) is 18.1 Å². The molecule has 5 heteroatoms. The van der Waals surface area contributed by atoms with E-state index < -0.39 is 5.97 Å². The molecule has 0 bridgehead atoms. The van der Waals surface area contributed by atoms with E-state index in [1.807, 2.05) is 6.92 Å². The summed E-state index contributed by atoms with van der Waals surface area (Å²) in [5, 5.41) is 9.08. The van der Waals surface area contributed by atoms with Crippen LogP contribution in [-0.4, -0.2) is 26.8 Å². The lowest BCUT2D eigenvalue weighted by Gasteiger charge is -1.96. The minimum absolute atomic E-state index is 0.0381. The minimum Gasteiger partial charge on any atom is -0.481 e. The van der Waals surface area contributed by atoms with E-state index in [2.05, 4.69) is 9.97 Å². The number of carboxylic acid groups (broad SMARTS) is 1. The second-order valence-electron chi connectivity index (χ2n) is 2.18. The molecular formula is C7H8N2O2S. The number of aliphatic carboxylic acids is 1. The molecule has 1 aromatic rings. The summed E-state index contributed by atoms with van der Waals surface area (Å²) in [5.41, 5.74) is 0.845. The quantitative estimate of drug-likeness (QED) is 0.560. The van der Waals surface area contributed by atoms with Gasteiger partial charge in [0.05, 0.1) is 5.75 Å². The van der Waals surface area contributed by atoms with Crippen molar-refractivity contribution < 1.29 is 9.90 Å². The number of thioether (sulfide) groups is 1. The molecule has 4 nitrogen and oxygen atoms in total. The Morgan fingerprint density at radius 2 is 2.42 bits per heavy atom. The van der Waals surface area contributed by atoms with Gasteiger partial charge in [0, 0.05) is 5.69 Å². The maximum absolute atomic E-state index is 10.2. The van der Waals surface area contributed by atoms with E-state index in [0.29, 0.717) is 5.03 Å². The fourth-order valence-electron chi connectivity index (χ4n) is 0.645. The third-order valence-electron chi connectivity index (χ3n) is 1.12. The summed E-state index contributed by atoms with van der Waals surface area (Å²) in [5.74, 6) is -0.799. The second kappa shape index (κ2) is 4.06. The molecule has 0 saturated heterocycles. The average Bonchev–Trinajstić information content (AvgIpc) is 2.01. The summed E-state index contributed by atoms with van der Waals surface area (Å²) in [6.45, 7) is 1.84. The van der Waals surface area contributed by atoms with Crippen LogP contribution in [-0.2, 0) is 4.79 Å². The van der Waals surface area contributed by atoms with Crippen LogP contribution < -0.4 is 0 Å². The first kappa shape index (κ1) is 8.99. The molecule has 0 amide bonds. The normalized spacial score (nSPS) is 9.75. The van der Waals surface area contributed by atoms with Crippen molar-refractivity contribution in [1.82, 2.24) is 9.97 Å². The summed E-state index contributed by atoms with van der Waals surface area (Å²) in [7, 11) is 0. The molecule has 64 valence electrons. The van der Waals surface area contributed by atoms with Crippen LogP contribution in [0.4, 0.5) is 0 Å². The largest absolute Gasteiger partial charge is 0.481 e. The van der Waals surface area contributed by atoms with Crippen LogP contribution in [0.1, 0.15) is 5.69 Å². The molecule has 0 spiro atoms. The number of aromatic nitrogens is 2. The molecule has 0 atom stereocenters. The third kappa shape index (κ3) is 2.87. The van der Waals surface area contributed by atoms with E-state index in [1.54, 1.807) is 6.07 Å². The molecule has 0 fully saturated rings. The van der Waals surface area contributed by atoms with Gasteiger partial charge in [0.2, 0.25) is 0 Å². The van der Waals surface area contributed by atoms with Crippen LogP contribution in [0.3, 0.4) is 0 Å². The molecule has 1 heterocycles. The molecule has 0 radical (unpaired) electrons. The maximum atomic E-state index is 10.2. The Bertz CT molecular complexity index is 290. The van der Waals surface area contributed by atoms with Crippen molar-refractivity contribution in [2.45, 2.75) is 11.9 Å². The zero-order chi connectivity index (χ0) is 8.97. The first-order valence-electron chi connectivity index (χ1n) is 3.32. The summed E-state index contributed by atoms with van der Waals surface area (Å²) >= 11 is 1.19. The van der Waals surface area contributed by atoms with E-state index in [0.717, 1.165) is 5.69 Å². The zero-order valence-corrected chi connectivity index (χ0v) is 7.34. The monoisotopic (exact) mass is 184 g/mol. The van der Waals surface area contributed by atoms with Gasteiger partial charge in [-0.05, 0) is 13.0 Å². The highest BCUT2D eigenvalue weighted by atomic mass is 32.2. The molecule has 0 aliphatic heterocycles. The molecule has 1 N–H and O–H groups in total. The van der Waals surface area contributed by atoms with Gasteiger partial charge >= 0.3 is 5.97 Å². The Morgan fingerprint density at radius 1 is 1.67 bits per heavy atom. The van der Waals surface area contributed by atoms with Crippen LogP contribution in [0, 0.1) is 6.92 Å². The number of carboxylic acids is 1. The van der Waals surface area contributed by atoms with Crippen molar-refractivity contribution in [2.24, 2.45) is 0 Å². The Hall–Kier alpha value is -1.10. The Balaban J connectivity index is 2.57. The van der Waals surface area contributed by atoms with Gasteiger partial charge in [0.25, 0.3) is 0 Å². The van der Waals surface area contributed by atoms with Gasteiger partial charge < -0.3 is 5.11 Å². The molecule has 0 unspecified atom stereocenters. The van der Waals surface area contributed by atoms with Crippen molar-refractivity contribution in [3.8, 4) is 0 Å². The number of hydrogen-bond donors (Lipinski definition) is 1. The highest BCUT2D eigenvalue weighted by Crippen LogP contribution is 2.13. The van der Waals surface area contributed by atoms with E-state index in [9.17, 15) is 4.79 Å². The van der Waals surface area contributed by atoms with Crippen LogP contribution in [0.5, 0.6) is 0 Å². The Labute approximate surface area is 74.0 Å². The van der Waals surface area contributed by atoms with Gasteiger partial charge in [-0.1, -0.05) is 11.8 Å². The Kier molecular flexibility index (Phi) is 3.04. The fourth-order valence-corrected chi connectivity index (χ4v) is 1.29. The number of nitrogens with zero attached hydrogens (tertiary/aromatic N) is 2. The van der Waals surface area contributed by atoms with E-state index >= 15 is 0 Å². The zero-order valence-electron chi connectivity index (χ0n) is 6.52. The summed E-state index contributed by atoms with van der Waals surface area (Å²) in [6, 6.07) is 1.76. The van der Waals surface area contributed by atoms with Crippen LogP contribution in [0.15, 0.2) is 17.4 Å². The molecule has 1 rings (SSSR count). The van der Waals surface area contributed by atoms with Gasteiger partial charge in [-0.3, -0.25) is 4.79 Å².